The van der Waals surface area contributed by atoms with Crippen molar-refractivity contribution in [2.75, 3.05) is 19.6 Å². The lowest BCUT2D eigenvalue weighted by atomic mass is 10.1. The number of hydrogen-bond donors (Lipinski definition) is 2. The van der Waals surface area contributed by atoms with Gasteiger partial charge in [0.2, 0.25) is 10.0 Å². The Balaban J connectivity index is 1.86. The van der Waals surface area contributed by atoms with Gasteiger partial charge >= 0.3 is 0 Å². The topological polar surface area (TPSA) is 58.2 Å². The Morgan fingerprint density at radius 1 is 1.15 bits per heavy atom. The van der Waals surface area contributed by atoms with E-state index in [0.717, 1.165) is 44.3 Å². The highest BCUT2D eigenvalue weighted by atomic mass is 32.2. The summed E-state index contributed by atoms with van der Waals surface area (Å²) in [7, 11) is -3.33. The zero-order chi connectivity index (χ0) is 14.4. The molecule has 0 spiro atoms. The Labute approximate surface area is 122 Å². The fourth-order valence-electron chi connectivity index (χ4n) is 2.00. The quantitative estimate of drug-likeness (QED) is 0.685. The summed E-state index contributed by atoms with van der Waals surface area (Å²) in [6, 6.07) is 7.20. The lowest BCUT2D eigenvalue weighted by molar-refractivity contribution is 0.577. The molecule has 5 heteroatoms. The Kier molecular flexibility index (Phi) is 5.57. The molecule has 1 aromatic rings. The lowest BCUT2D eigenvalue weighted by Crippen LogP contribution is -2.25. The van der Waals surface area contributed by atoms with Crippen LogP contribution in [0.15, 0.2) is 29.2 Å². The standard InChI is InChI=1S/C15H24N2O2S/c1-2-10-16-11-9-13-5-7-15(8-6-13)20(18,19)17-12-14-3-4-14/h5-8,14,16-17H,2-4,9-12H2,1H3. The van der Waals surface area contributed by atoms with Gasteiger partial charge in [-0.2, -0.15) is 0 Å². The van der Waals surface area contributed by atoms with Gasteiger partial charge in [-0.25, -0.2) is 13.1 Å². The van der Waals surface area contributed by atoms with Crippen LogP contribution in [0, 0.1) is 5.92 Å². The van der Waals surface area contributed by atoms with Gasteiger partial charge in [0.1, 0.15) is 0 Å². The number of sulfonamides is 1. The highest BCUT2D eigenvalue weighted by molar-refractivity contribution is 7.89. The average Bonchev–Trinajstić information content (AvgIpc) is 3.26. The Morgan fingerprint density at radius 2 is 1.85 bits per heavy atom. The third-order valence-electron chi connectivity index (χ3n) is 3.51. The van der Waals surface area contributed by atoms with Crippen molar-refractivity contribution in [3.8, 4) is 0 Å². The van der Waals surface area contributed by atoms with Crippen LogP contribution in [0.25, 0.3) is 0 Å². The molecular weight excluding hydrogens is 272 g/mol. The van der Waals surface area contributed by atoms with Gasteiger partial charge in [0.25, 0.3) is 0 Å². The molecule has 112 valence electrons. The van der Waals surface area contributed by atoms with Crippen molar-refractivity contribution in [2.45, 2.75) is 37.5 Å². The van der Waals surface area contributed by atoms with Crippen LogP contribution in [0.5, 0.6) is 0 Å². The second-order valence-electron chi connectivity index (χ2n) is 5.44. The molecule has 0 heterocycles. The van der Waals surface area contributed by atoms with Crippen molar-refractivity contribution in [2.24, 2.45) is 5.92 Å². The highest BCUT2D eigenvalue weighted by Crippen LogP contribution is 2.28. The van der Waals surface area contributed by atoms with Gasteiger partial charge < -0.3 is 5.32 Å². The first-order chi connectivity index (χ1) is 9.62. The molecule has 1 aliphatic rings. The fraction of sp³-hybridized carbons (Fsp3) is 0.600. The van der Waals surface area contributed by atoms with E-state index in [-0.39, 0.29) is 0 Å². The molecule has 0 bridgehead atoms. The normalized spacial score (nSPS) is 15.4. The minimum absolute atomic E-state index is 0.364. The van der Waals surface area contributed by atoms with E-state index < -0.39 is 10.0 Å². The van der Waals surface area contributed by atoms with Crippen molar-refractivity contribution in [1.82, 2.24) is 10.0 Å². The fourth-order valence-corrected chi connectivity index (χ4v) is 3.12. The molecular formula is C15H24N2O2S. The maximum Gasteiger partial charge on any atom is 0.240 e. The minimum atomic E-state index is -3.33. The van der Waals surface area contributed by atoms with E-state index in [1.165, 1.54) is 0 Å². The smallest absolute Gasteiger partial charge is 0.240 e. The first kappa shape index (κ1) is 15.5. The molecule has 1 aliphatic carbocycles. The van der Waals surface area contributed by atoms with E-state index in [1.54, 1.807) is 12.1 Å². The van der Waals surface area contributed by atoms with Crippen LogP contribution in [0.4, 0.5) is 0 Å². The van der Waals surface area contributed by atoms with Crippen molar-refractivity contribution < 1.29 is 8.42 Å². The second kappa shape index (κ2) is 7.20. The second-order valence-corrected chi connectivity index (χ2v) is 7.21. The Morgan fingerprint density at radius 3 is 2.45 bits per heavy atom. The summed E-state index contributed by atoms with van der Waals surface area (Å²) in [4.78, 5) is 0.364. The van der Waals surface area contributed by atoms with E-state index in [0.29, 0.717) is 17.4 Å². The molecule has 1 fully saturated rings. The first-order valence-electron chi connectivity index (χ1n) is 7.41. The monoisotopic (exact) mass is 296 g/mol. The third-order valence-corrected chi connectivity index (χ3v) is 4.95. The SMILES string of the molecule is CCCNCCc1ccc(S(=O)(=O)NCC2CC2)cc1. The zero-order valence-corrected chi connectivity index (χ0v) is 12.9. The summed E-state index contributed by atoms with van der Waals surface area (Å²) in [6.07, 6.45) is 4.35. The molecule has 1 aromatic carbocycles. The average molecular weight is 296 g/mol. The largest absolute Gasteiger partial charge is 0.316 e. The predicted octanol–water partition coefficient (Wildman–Crippen LogP) is 1.92. The van der Waals surface area contributed by atoms with E-state index in [2.05, 4.69) is 17.0 Å². The molecule has 1 saturated carbocycles. The predicted molar refractivity (Wildman–Crippen MR) is 81.2 cm³/mol. The van der Waals surface area contributed by atoms with E-state index in [9.17, 15) is 8.42 Å². The summed E-state index contributed by atoms with van der Waals surface area (Å²) in [5.41, 5.74) is 1.16. The van der Waals surface area contributed by atoms with Gasteiger partial charge in [-0.1, -0.05) is 19.1 Å². The molecule has 0 aromatic heterocycles. The molecule has 2 N–H and O–H groups in total. The van der Waals surface area contributed by atoms with E-state index in [1.807, 2.05) is 12.1 Å². The van der Waals surface area contributed by atoms with Crippen molar-refractivity contribution in [3.05, 3.63) is 29.8 Å². The van der Waals surface area contributed by atoms with Gasteiger partial charge in [-0.15, -0.1) is 0 Å². The molecule has 0 atom stereocenters. The van der Waals surface area contributed by atoms with Crippen molar-refractivity contribution in [3.63, 3.8) is 0 Å². The van der Waals surface area contributed by atoms with Crippen LogP contribution in [-0.2, 0) is 16.4 Å². The first-order valence-corrected chi connectivity index (χ1v) is 8.89. The van der Waals surface area contributed by atoms with Gasteiger partial charge in [-0.3, -0.25) is 0 Å². The van der Waals surface area contributed by atoms with E-state index >= 15 is 0 Å². The number of nitrogens with one attached hydrogen (secondary N) is 2. The lowest BCUT2D eigenvalue weighted by Gasteiger charge is -2.07. The van der Waals surface area contributed by atoms with Crippen LogP contribution in [0.3, 0.4) is 0 Å². The van der Waals surface area contributed by atoms with Gasteiger partial charge in [-0.05, 0) is 62.4 Å². The summed E-state index contributed by atoms with van der Waals surface area (Å²) >= 11 is 0. The number of rotatable bonds is 9. The number of benzene rings is 1. The van der Waals surface area contributed by atoms with Crippen LogP contribution in [0.1, 0.15) is 31.7 Å². The molecule has 0 unspecified atom stereocenters. The Hall–Kier alpha value is -0.910. The molecule has 20 heavy (non-hydrogen) atoms. The molecule has 0 radical (unpaired) electrons. The summed E-state index contributed by atoms with van der Waals surface area (Å²) < 4.78 is 26.8. The molecule has 0 saturated heterocycles. The molecule has 0 amide bonds. The maximum atomic E-state index is 12.1. The zero-order valence-electron chi connectivity index (χ0n) is 12.1. The van der Waals surface area contributed by atoms with Crippen molar-refractivity contribution >= 4 is 10.0 Å². The molecule has 4 nitrogen and oxygen atoms in total. The van der Waals surface area contributed by atoms with Gasteiger partial charge in [0, 0.05) is 6.54 Å². The summed E-state index contributed by atoms with van der Waals surface area (Å²) in [5, 5.41) is 3.34. The van der Waals surface area contributed by atoms with Crippen molar-refractivity contribution in [1.29, 1.82) is 0 Å². The summed E-state index contributed by atoms with van der Waals surface area (Å²) in [5.74, 6) is 0.550. The van der Waals surface area contributed by atoms with Crippen LogP contribution in [0.2, 0.25) is 0 Å². The minimum Gasteiger partial charge on any atom is -0.316 e. The van der Waals surface area contributed by atoms with Crippen LogP contribution in [-0.4, -0.2) is 28.1 Å². The van der Waals surface area contributed by atoms with E-state index in [4.69, 9.17) is 0 Å². The van der Waals surface area contributed by atoms with Crippen LogP contribution >= 0.6 is 0 Å². The molecule has 2 rings (SSSR count). The number of hydrogen-bond acceptors (Lipinski definition) is 3. The van der Waals surface area contributed by atoms with Gasteiger partial charge in [0.05, 0.1) is 4.90 Å². The van der Waals surface area contributed by atoms with Gasteiger partial charge in [0.15, 0.2) is 0 Å². The molecule has 0 aliphatic heterocycles. The Bertz CT molecular complexity index is 507. The maximum absolute atomic E-state index is 12.1. The highest BCUT2D eigenvalue weighted by Gasteiger charge is 2.24. The van der Waals surface area contributed by atoms with Crippen LogP contribution < -0.4 is 10.0 Å². The summed E-state index contributed by atoms with van der Waals surface area (Å²) in [6.45, 7) is 4.67. The third kappa shape index (κ3) is 4.89.